The number of pyridine rings is 2. The van der Waals surface area contributed by atoms with Gasteiger partial charge in [0.1, 0.15) is 28.7 Å². The summed E-state index contributed by atoms with van der Waals surface area (Å²) in [5.41, 5.74) is 8.95. The molecule has 2 heterocycles. The summed E-state index contributed by atoms with van der Waals surface area (Å²) in [5.74, 6) is -0.702. The van der Waals surface area contributed by atoms with E-state index in [4.69, 9.17) is 15.2 Å². The van der Waals surface area contributed by atoms with Gasteiger partial charge in [0.05, 0.1) is 17.5 Å². The highest BCUT2D eigenvalue weighted by Gasteiger charge is 2.17. The maximum absolute atomic E-state index is 14.1. The first-order valence-electron chi connectivity index (χ1n) is 11.6. The fourth-order valence-electron chi connectivity index (χ4n) is 3.55. The van der Waals surface area contributed by atoms with E-state index in [0.29, 0.717) is 28.5 Å². The highest BCUT2D eigenvalue weighted by Crippen LogP contribution is 2.33. The van der Waals surface area contributed by atoms with E-state index in [1.807, 2.05) is 30.3 Å². The van der Waals surface area contributed by atoms with Crippen molar-refractivity contribution in [2.75, 3.05) is 17.6 Å². The molecule has 11 heteroatoms. The second-order valence-corrected chi connectivity index (χ2v) is 10.2. The number of alkyl carbamates (subject to hydrolysis) is 1. The number of hydrogen-bond acceptors (Lipinski definition) is 8. The molecule has 0 unspecified atom stereocenters. The summed E-state index contributed by atoms with van der Waals surface area (Å²) < 4.78 is 41.0. The van der Waals surface area contributed by atoms with Crippen molar-refractivity contribution in [3.8, 4) is 17.0 Å². The van der Waals surface area contributed by atoms with Gasteiger partial charge in [-0.1, -0.05) is 6.07 Å². The molecule has 0 aliphatic rings. The van der Waals surface area contributed by atoms with Gasteiger partial charge in [0.15, 0.2) is 0 Å². The highest BCUT2D eigenvalue weighted by atomic mass is 32.2. The summed E-state index contributed by atoms with van der Waals surface area (Å²) in [6.07, 6.45) is 1.11. The molecule has 0 radical (unpaired) electrons. The zero-order valence-electron chi connectivity index (χ0n) is 21.3. The number of fused-ring (bicyclic) bond motifs is 1. The predicted molar refractivity (Wildman–Crippen MR) is 145 cm³/mol. The van der Waals surface area contributed by atoms with Crippen LogP contribution in [-0.2, 0) is 11.3 Å². The number of hydrogen-bond donors (Lipinski definition) is 3. The van der Waals surface area contributed by atoms with E-state index >= 15 is 0 Å². The Bertz CT molecular complexity index is 1490. The molecule has 0 aliphatic heterocycles. The zero-order chi connectivity index (χ0) is 27.4. The topological polar surface area (TPSA) is 111 Å². The van der Waals surface area contributed by atoms with Crippen molar-refractivity contribution in [3.63, 3.8) is 0 Å². The Hall–Kier alpha value is -4.12. The number of ether oxygens (including phenoxy) is 2. The van der Waals surface area contributed by atoms with E-state index in [9.17, 15) is 13.6 Å². The molecule has 0 spiro atoms. The average Bonchev–Trinajstić information content (AvgIpc) is 2.85. The minimum Gasteiger partial charge on any atom is -0.480 e. The number of halogens is 2. The fraction of sp³-hybridized carbons (Fsp3) is 0.222. The van der Waals surface area contributed by atoms with E-state index in [2.05, 4.69) is 20.0 Å². The number of nitrogens with one attached hydrogen (secondary N) is 2. The van der Waals surface area contributed by atoms with Crippen molar-refractivity contribution in [2.24, 2.45) is 0 Å². The maximum Gasteiger partial charge on any atom is 0.407 e. The number of carbonyl (C=O) groups is 1. The lowest BCUT2D eigenvalue weighted by Crippen LogP contribution is -2.32. The smallest absolute Gasteiger partial charge is 0.407 e. The number of nitrogens with zero attached hydrogens (tertiary/aromatic N) is 2. The van der Waals surface area contributed by atoms with Crippen molar-refractivity contribution < 1.29 is 23.0 Å². The highest BCUT2D eigenvalue weighted by molar-refractivity contribution is 8.00. The summed E-state index contributed by atoms with van der Waals surface area (Å²) in [6.45, 7) is 5.52. The van der Waals surface area contributed by atoms with Gasteiger partial charge in [-0.2, -0.15) is 0 Å². The molecular formula is C27H27F2N5O3S. The van der Waals surface area contributed by atoms with Crippen LogP contribution in [0.15, 0.2) is 59.6 Å². The molecule has 4 N–H and O–H groups in total. The molecule has 0 aliphatic carbocycles. The minimum atomic E-state index is -0.677. The van der Waals surface area contributed by atoms with Gasteiger partial charge in [-0.3, -0.25) is 0 Å². The Balaban J connectivity index is 1.58. The molecule has 0 bridgehead atoms. The predicted octanol–water partition coefficient (Wildman–Crippen LogP) is 6.31. The molecule has 0 fully saturated rings. The van der Waals surface area contributed by atoms with E-state index in [-0.39, 0.29) is 11.4 Å². The first-order valence-corrected chi connectivity index (χ1v) is 12.4. The van der Waals surface area contributed by atoms with Gasteiger partial charge in [0.25, 0.3) is 0 Å². The zero-order valence-corrected chi connectivity index (χ0v) is 22.1. The van der Waals surface area contributed by atoms with Crippen LogP contribution in [0.1, 0.15) is 26.3 Å². The molecule has 1 amide bonds. The molecule has 38 heavy (non-hydrogen) atoms. The normalized spacial score (nSPS) is 11.3. The quantitative estimate of drug-likeness (QED) is 0.234. The van der Waals surface area contributed by atoms with Gasteiger partial charge >= 0.3 is 6.09 Å². The van der Waals surface area contributed by atoms with E-state index in [0.717, 1.165) is 34.5 Å². The Morgan fingerprint density at radius 2 is 1.87 bits per heavy atom. The Morgan fingerprint density at radius 3 is 2.58 bits per heavy atom. The summed E-state index contributed by atoms with van der Waals surface area (Å²) in [5, 5.41) is 3.51. The number of rotatable bonds is 7. The van der Waals surface area contributed by atoms with Crippen LogP contribution >= 0.6 is 11.9 Å². The number of aromatic nitrogens is 2. The summed E-state index contributed by atoms with van der Waals surface area (Å²) in [7, 11) is 1.48. The number of nitrogens with two attached hydrogens (primary N) is 1. The molecule has 4 rings (SSSR count). The fourth-order valence-corrected chi connectivity index (χ4v) is 4.21. The first-order chi connectivity index (χ1) is 18.0. The third kappa shape index (κ3) is 6.60. The number of carbonyl (C=O) groups excluding carboxylic acids is 1. The van der Waals surface area contributed by atoms with Crippen molar-refractivity contribution in [2.45, 2.75) is 37.8 Å². The van der Waals surface area contributed by atoms with Crippen LogP contribution < -0.4 is 20.5 Å². The molecular weight excluding hydrogens is 512 g/mol. The average molecular weight is 540 g/mol. The standard InChI is InChI=1S/C27H27F2N5O3S/c1-27(2,3)37-26(35)32-14-18-10-16-9-15(5-7-21(16)33-24(18)30)17-11-22(25(36-4)31-13-17)34-38-23-8-6-19(28)12-20(23)29/h5-13,34H,14H2,1-4H3,(H2,30,33)(H,32,35). The van der Waals surface area contributed by atoms with Crippen LogP contribution in [-0.4, -0.2) is 28.8 Å². The molecule has 198 valence electrons. The Morgan fingerprint density at radius 1 is 1.08 bits per heavy atom. The van der Waals surface area contributed by atoms with E-state index in [1.54, 1.807) is 27.0 Å². The van der Waals surface area contributed by atoms with Crippen molar-refractivity contribution in [1.29, 1.82) is 0 Å². The van der Waals surface area contributed by atoms with Crippen molar-refractivity contribution >= 4 is 40.4 Å². The monoisotopic (exact) mass is 539 g/mol. The van der Waals surface area contributed by atoms with E-state index < -0.39 is 23.3 Å². The van der Waals surface area contributed by atoms with Gasteiger partial charge < -0.3 is 25.2 Å². The SMILES string of the molecule is COc1ncc(-c2ccc3nc(N)c(CNC(=O)OC(C)(C)C)cc3c2)cc1NSc1ccc(F)cc1F. The van der Waals surface area contributed by atoms with Gasteiger partial charge in [-0.25, -0.2) is 23.5 Å². The number of nitrogen functional groups attached to an aromatic ring is 1. The largest absolute Gasteiger partial charge is 0.480 e. The molecule has 2 aromatic carbocycles. The minimum absolute atomic E-state index is 0.156. The van der Waals surface area contributed by atoms with Crippen LogP contribution in [0.3, 0.4) is 0 Å². The molecule has 8 nitrogen and oxygen atoms in total. The number of methoxy groups -OCH3 is 1. The molecule has 0 atom stereocenters. The number of amides is 1. The van der Waals surface area contributed by atoms with E-state index in [1.165, 1.54) is 19.2 Å². The number of benzene rings is 2. The van der Waals surface area contributed by atoms with Crippen LogP contribution in [0, 0.1) is 11.6 Å². The third-order valence-corrected chi connectivity index (χ3v) is 6.16. The van der Waals surface area contributed by atoms with Gasteiger partial charge in [-0.05, 0) is 74.7 Å². The second kappa shape index (κ2) is 11.1. The number of anilines is 2. The molecule has 0 saturated carbocycles. The Kier molecular flexibility index (Phi) is 7.86. The summed E-state index contributed by atoms with van der Waals surface area (Å²) in [4.78, 5) is 21.1. The van der Waals surface area contributed by atoms with Gasteiger partial charge in [-0.15, -0.1) is 0 Å². The second-order valence-electron chi connectivity index (χ2n) is 9.36. The van der Waals surface area contributed by atoms with Crippen molar-refractivity contribution in [1.82, 2.24) is 15.3 Å². The molecule has 4 aromatic rings. The summed E-state index contributed by atoms with van der Waals surface area (Å²) >= 11 is 0.979. The first kappa shape index (κ1) is 26.9. The molecule has 2 aromatic heterocycles. The van der Waals surface area contributed by atoms with Gasteiger partial charge in [0, 0.05) is 35.3 Å². The lowest BCUT2D eigenvalue weighted by molar-refractivity contribution is 0.0523. The maximum atomic E-state index is 14.1. The van der Waals surface area contributed by atoms with Crippen molar-refractivity contribution in [3.05, 3.63) is 71.9 Å². The van der Waals surface area contributed by atoms with Crippen LogP contribution in [0.2, 0.25) is 0 Å². The van der Waals surface area contributed by atoms with Gasteiger partial charge in [0.2, 0.25) is 5.88 Å². The molecule has 0 saturated heterocycles. The summed E-state index contributed by atoms with van der Waals surface area (Å²) in [6, 6.07) is 12.7. The van der Waals surface area contributed by atoms with Crippen LogP contribution in [0.4, 0.5) is 25.1 Å². The van der Waals surface area contributed by atoms with Crippen LogP contribution in [0.5, 0.6) is 5.88 Å². The Labute approximate surface area is 223 Å². The lowest BCUT2D eigenvalue weighted by Gasteiger charge is -2.19. The lowest BCUT2D eigenvalue weighted by atomic mass is 10.0. The van der Waals surface area contributed by atoms with Crippen LogP contribution in [0.25, 0.3) is 22.0 Å². The third-order valence-electron chi connectivity index (χ3n) is 5.29.